The van der Waals surface area contributed by atoms with E-state index in [2.05, 4.69) is 203 Å². The molecule has 5 heteroatoms. The molecule has 63 heavy (non-hydrogen) atoms. The molecule has 0 N–H and O–H groups in total. The van der Waals surface area contributed by atoms with E-state index in [1.807, 2.05) is 18.2 Å². The Morgan fingerprint density at radius 1 is 0.317 bits per heavy atom. The average Bonchev–Trinajstić information content (AvgIpc) is 4.06. The molecule has 0 unspecified atom stereocenters. The van der Waals surface area contributed by atoms with Gasteiger partial charge in [-0.3, -0.25) is 4.57 Å². The van der Waals surface area contributed by atoms with Crippen LogP contribution >= 0.6 is 0 Å². The van der Waals surface area contributed by atoms with Gasteiger partial charge in [0, 0.05) is 38.2 Å². The molecule has 14 rings (SSSR count). The van der Waals surface area contributed by atoms with E-state index < -0.39 is 5.41 Å². The van der Waals surface area contributed by atoms with Gasteiger partial charge in [0.1, 0.15) is 0 Å². The van der Waals surface area contributed by atoms with Crippen molar-refractivity contribution in [1.82, 2.24) is 24.1 Å². The van der Waals surface area contributed by atoms with Crippen LogP contribution in [0.3, 0.4) is 0 Å². The largest absolute Gasteiger partial charge is 0.308 e. The highest BCUT2D eigenvalue weighted by Crippen LogP contribution is 2.64. The third kappa shape index (κ3) is 4.52. The summed E-state index contributed by atoms with van der Waals surface area (Å²) in [6.07, 6.45) is 0. The summed E-state index contributed by atoms with van der Waals surface area (Å²) in [7, 11) is 0. The van der Waals surface area contributed by atoms with Gasteiger partial charge in [0.2, 0.25) is 5.95 Å². The smallest absolute Gasteiger partial charge is 0.238 e. The van der Waals surface area contributed by atoms with Crippen LogP contribution in [0.25, 0.3) is 100 Å². The quantitative estimate of drug-likeness (QED) is 0.178. The highest BCUT2D eigenvalue weighted by atomic mass is 15.2. The lowest BCUT2D eigenvalue weighted by atomic mass is 9.70. The van der Waals surface area contributed by atoms with Crippen molar-refractivity contribution >= 4 is 43.6 Å². The molecule has 0 amide bonds. The maximum absolute atomic E-state index is 5.45. The fourth-order valence-corrected chi connectivity index (χ4v) is 11.2. The van der Waals surface area contributed by atoms with Crippen LogP contribution in [0.15, 0.2) is 212 Å². The Balaban J connectivity index is 1.09. The molecule has 12 aromatic rings. The monoisotopic (exact) mass is 801 g/mol. The number of rotatable bonds is 4. The molecule has 3 heterocycles. The minimum absolute atomic E-state index is 0.468. The molecule has 0 atom stereocenters. The number of para-hydroxylation sites is 4. The first kappa shape index (κ1) is 34.3. The van der Waals surface area contributed by atoms with Gasteiger partial charge in [-0.05, 0) is 69.3 Å². The van der Waals surface area contributed by atoms with Crippen molar-refractivity contribution in [3.63, 3.8) is 0 Å². The average molecular weight is 802 g/mol. The maximum atomic E-state index is 5.45. The number of hydrogen-bond donors (Lipinski definition) is 0. The summed E-state index contributed by atoms with van der Waals surface area (Å²) in [6, 6.07) is 76.6. The normalized spacial score (nSPS) is 13.2. The molecule has 0 bridgehead atoms. The van der Waals surface area contributed by atoms with Crippen LogP contribution in [-0.4, -0.2) is 24.1 Å². The van der Waals surface area contributed by atoms with E-state index in [-0.39, 0.29) is 0 Å². The molecule has 0 saturated heterocycles. The fraction of sp³-hybridized carbons (Fsp3) is 0.0172. The van der Waals surface area contributed by atoms with Gasteiger partial charge in [-0.1, -0.05) is 182 Å². The first-order valence-corrected chi connectivity index (χ1v) is 21.5. The lowest BCUT2D eigenvalue weighted by molar-refractivity contribution is 0.794. The van der Waals surface area contributed by atoms with Crippen molar-refractivity contribution in [3.05, 3.63) is 235 Å². The summed E-state index contributed by atoms with van der Waals surface area (Å²) in [5.41, 5.74) is 17.1. The van der Waals surface area contributed by atoms with Crippen LogP contribution < -0.4 is 0 Å². The van der Waals surface area contributed by atoms with Crippen molar-refractivity contribution in [1.29, 1.82) is 0 Å². The van der Waals surface area contributed by atoms with Crippen molar-refractivity contribution in [2.45, 2.75) is 5.41 Å². The van der Waals surface area contributed by atoms with E-state index in [9.17, 15) is 0 Å². The van der Waals surface area contributed by atoms with Gasteiger partial charge in [0.05, 0.1) is 33.2 Å². The van der Waals surface area contributed by atoms with Crippen LogP contribution in [-0.2, 0) is 5.41 Å². The number of benzene rings is 9. The third-order valence-corrected chi connectivity index (χ3v) is 13.6. The van der Waals surface area contributed by atoms with Gasteiger partial charge in [0.25, 0.3) is 0 Å². The zero-order valence-electron chi connectivity index (χ0n) is 33.9. The summed E-state index contributed by atoms with van der Waals surface area (Å²) in [6.45, 7) is 0. The lowest BCUT2D eigenvalue weighted by Crippen LogP contribution is -2.25. The maximum Gasteiger partial charge on any atom is 0.238 e. The Kier molecular flexibility index (Phi) is 6.97. The second kappa shape index (κ2) is 12.8. The zero-order valence-corrected chi connectivity index (χ0v) is 33.9. The molecule has 0 saturated carbocycles. The van der Waals surface area contributed by atoms with Gasteiger partial charge in [-0.2, -0.15) is 9.97 Å². The van der Waals surface area contributed by atoms with E-state index in [1.54, 1.807) is 0 Å². The van der Waals surface area contributed by atoms with Gasteiger partial charge >= 0.3 is 0 Å². The third-order valence-electron chi connectivity index (χ3n) is 13.6. The topological polar surface area (TPSA) is 48.5 Å². The summed E-state index contributed by atoms with van der Waals surface area (Å²) >= 11 is 0. The molecule has 0 fully saturated rings. The Bertz CT molecular complexity index is 3770. The Morgan fingerprint density at radius 2 is 0.794 bits per heavy atom. The summed E-state index contributed by atoms with van der Waals surface area (Å²) in [5.74, 6) is 1.79. The van der Waals surface area contributed by atoms with Crippen LogP contribution in [0.5, 0.6) is 0 Å². The molecular weight excluding hydrogens is 767 g/mol. The lowest BCUT2D eigenvalue weighted by Gasteiger charge is -2.30. The van der Waals surface area contributed by atoms with E-state index in [1.165, 1.54) is 60.8 Å². The van der Waals surface area contributed by atoms with E-state index in [0.29, 0.717) is 17.6 Å². The standard InChI is InChI=1S/C58H35N5/c1-2-18-36(19-3-1)55-59-56(61-57(60-55)63-50-31-15-7-22-39(50)40-23-8-16-32-51(40)63)44-26-10-17-33-52(44)62-49-30-14-9-24-41(49)42-34-35-48-53(54(42)62)43-25-6-13-29-47(43)58(48)45-27-11-4-20-37(45)38-21-5-12-28-46(38)58/h1-35H. The van der Waals surface area contributed by atoms with Crippen molar-refractivity contribution < 1.29 is 0 Å². The first-order valence-electron chi connectivity index (χ1n) is 21.5. The zero-order chi connectivity index (χ0) is 41.2. The van der Waals surface area contributed by atoms with E-state index >= 15 is 0 Å². The number of nitrogens with zero attached hydrogens (tertiary/aromatic N) is 5. The Hall–Kier alpha value is -8.41. The van der Waals surface area contributed by atoms with Crippen molar-refractivity contribution in [2.24, 2.45) is 0 Å². The minimum Gasteiger partial charge on any atom is -0.308 e. The van der Waals surface area contributed by atoms with Gasteiger partial charge in [0.15, 0.2) is 11.6 Å². The molecule has 5 nitrogen and oxygen atoms in total. The minimum atomic E-state index is -0.468. The van der Waals surface area contributed by atoms with Crippen LogP contribution in [0.2, 0.25) is 0 Å². The van der Waals surface area contributed by atoms with Crippen molar-refractivity contribution in [3.8, 4) is 56.7 Å². The number of hydrogen-bond acceptors (Lipinski definition) is 3. The first-order chi connectivity index (χ1) is 31.3. The van der Waals surface area contributed by atoms with Gasteiger partial charge in [-0.25, -0.2) is 4.98 Å². The Labute approximate surface area is 362 Å². The summed E-state index contributed by atoms with van der Waals surface area (Å²) in [4.78, 5) is 16.0. The predicted molar refractivity (Wildman–Crippen MR) is 256 cm³/mol. The number of aromatic nitrogens is 5. The molecule has 3 aromatic heterocycles. The SMILES string of the molecule is c1ccc(-c2nc(-c3ccccc3-n3c4ccccc4c4ccc5c(c43)-c3ccccc3C53c4ccccc4-c4ccccc43)nc(-n3c4ccccc4c4ccccc43)n2)cc1. The highest BCUT2D eigenvalue weighted by molar-refractivity contribution is 6.17. The molecule has 2 aliphatic carbocycles. The molecule has 0 radical (unpaired) electrons. The van der Waals surface area contributed by atoms with Crippen LogP contribution in [0.1, 0.15) is 22.3 Å². The van der Waals surface area contributed by atoms with E-state index in [0.717, 1.165) is 44.1 Å². The molecule has 0 aliphatic heterocycles. The predicted octanol–water partition coefficient (Wildman–Crippen LogP) is 13.7. The second-order valence-corrected chi connectivity index (χ2v) is 16.7. The van der Waals surface area contributed by atoms with Crippen LogP contribution in [0, 0.1) is 0 Å². The van der Waals surface area contributed by atoms with Crippen molar-refractivity contribution in [2.75, 3.05) is 0 Å². The molecule has 1 spiro atoms. The van der Waals surface area contributed by atoms with Crippen LogP contribution in [0.4, 0.5) is 0 Å². The Morgan fingerprint density at radius 3 is 1.44 bits per heavy atom. The molecule has 2 aliphatic rings. The summed E-state index contributed by atoms with van der Waals surface area (Å²) in [5, 5.41) is 4.71. The summed E-state index contributed by atoms with van der Waals surface area (Å²) < 4.78 is 4.67. The molecule has 9 aromatic carbocycles. The fourth-order valence-electron chi connectivity index (χ4n) is 11.2. The number of fused-ring (bicyclic) bond motifs is 17. The molecular formula is C58H35N5. The second-order valence-electron chi connectivity index (χ2n) is 16.7. The highest BCUT2D eigenvalue weighted by Gasteiger charge is 2.52. The van der Waals surface area contributed by atoms with E-state index in [4.69, 9.17) is 15.0 Å². The molecule has 292 valence electrons. The van der Waals surface area contributed by atoms with Gasteiger partial charge in [-0.15, -0.1) is 0 Å². The van der Waals surface area contributed by atoms with Gasteiger partial charge < -0.3 is 4.57 Å².